The number of nitrogens with zero attached hydrogens (tertiary/aromatic N) is 2. The van der Waals surface area contributed by atoms with Crippen LogP contribution in [-0.2, 0) is 11.0 Å². The fraction of sp³-hybridized carbons (Fsp3) is 0.632. The van der Waals surface area contributed by atoms with Crippen LogP contribution in [0, 0.1) is 5.92 Å². The zero-order valence-electron chi connectivity index (χ0n) is 15.0. The first-order valence-electron chi connectivity index (χ1n) is 9.07. The van der Waals surface area contributed by atoms with Gasteiger partial charge in [0.15, 0.2) is 0 Å². The second kappa shape index (κ2) is 8.59. The minimum Gasteiger partial charge on any atom is -0.368 e. The van der Waals surface area contributed by atoms with Crippen molar-refractivity contribution in [1.29, 1.82) is 0 Å². The van der Waals surface area contributed by atoms with Crippen LogP contribution in [0.15, 0.2) is 24.3 Å². The van der Waals surface area contributed by atoms with Gasteiger partial charge in [-0.15, -0.1) is 0 Å². The fourth-order valence-electron chi connectivity index (χ4n) is 3.27. The van der Waals surface area contributed by atoms with Gasteiger partial charge < -0.3 is 9.80 Å². The number of hydrogen-bond acceptors (Lipinski definition) is 2. The number of piperazine rings is 1. The SMILES string of the molecule is CCCCC(CC)C(=O)N1CCN(c2cccc(C(F)(F)F)c2)CC1. The van der Waals surface area contributed by atoms with E-state index in [0.29, 0.717) is 31.9 Å². The molecule has 1 heterocycles. The van der Waals surface area contributed by atoms with Crippen LogP contribution in [0.1, 0.15) is 45.1 Å². The molecule has 0 bridgehead atoms. The van der Waals surface area contributed by atoms with Gasteiger partial charge in [-0.1, -0.05) is 32.8 Å². The number of carbonyl (C=O) groups excluding carboxylic acids is 1. The molecule has 1 saturated heterocycles. The highest BCUT2D eigenvalue weighted by Crippen LogP contribution is 2.32. The van der Waals surface area contributed by atoms with E-state index in [1.54, 1.807) is 6.07 Å². The molecule has 0 spiro atoms. The predicted molar refractivity (Wildman–Crippen MR) is 93.5 cm³/mol. The number of benzene rings is 1. The van der Waals surface area contributed by atoms with E-state index in [4.69, 9.17) is 0 Å². The molecule has 3 nitrogen and oxygen atoms in total. The molecule has 1 atom stereocenters. The molecule has 1 aliphatic heterocycles. The van der Waals surface area contributed by atoms with Crippen molar-refractivity contribution in [1.82, 2.24) is 4.90 Å². The van der Waals surface area contributed by atoms with E-state index < -0.39 is 11.7 Å². The smallest absolute Gasteiger partial charge is 0.368 e. The van der Waals surface area contributed by atoms with Crippen molar-refractivity contribution in [3.63, 3.8) is 0 Å². The topological polar surface area (TPSA) is 23.6 Å². The number of halogens is 3. The Bertz CT molecular complexity index is 566. The summed E-state index contributed by atoms with van der Waals surface area (Å²) in [5, 5.41) is 0. The quantitative estimate of drug-likeness (QED) is 0.745. The van der Waals surface area contributed by atoms with Crippen molar-refractivity contribution >= 4 is 11.6 Å². The van der Waals surface area contributed by atoms with E-state index in [1.807, 2.05) is 16.7 Å². The van der Waals surface area contributed by atoms with E-state index in [2.05, 4.69) is 6.92 Å². The lowest BCUT2D eigenvalue weighted by molar-refractivity contribution is -0.137. The van der Waals surface area contributed by atoms with Crippen molar-refractivity contribution in [3.8, 4) is 0 Å². The minimum atomic E-state index is -4.33. The molecule has 0 saturated carbocycles. The summed E-state index contributed by atoms with van der Waals surface area (Å²) in [6.45, 7) is 6.42. The molecule has 1 aromatic rings. The molecule has 6 heteroatoms. The lowest BCUT2D eigenvalue weighted by atomic mass is 9.97. The third-order valence-corrected chi connectivity index (χ3v) is 4.88. The molecule has 0 N–H and O–H groups in total. The molecule has 0 aromatic heterocycles. The van der Waals surface area contributed by atoms with Gasteiger partial charge in [-0.3, -0.25) is 4.79 Å². The van der Waals surface area contributed by atoms with Gasteiger partial charge in [0, 0.05) is 37.8 Å². The zero-order chi connectivity index (χ0) is 18.4. The number of anilines is 1. The van der Waals surface area contributed by atoms with Crippen LogP contribution in [0.25, 0.3) is 0 Å². The summed E-state index contributed by atoms with van der Waals surface area (Å²) in [6.07, 6.45) is -0.449. The summed E-state index contributed by atoms with van der Waals surface area (Å²) in [4.78, 5) is 16.4. The van der Waals surface area contributed by atoms with Gasteiger partial charge in [-0.25, -0.2) is 0 Å². The number of rotatable bonds is 6. The normalized spacial score (nSPS) is 16.8. The van der Waals surface area contributed by atoms with Gasteiger partial charge in [0.05, 0.1) is 5.56 Å². The fourth-order valence-corrected chi connectivity index (χ4v) is 3.27. The Morgan fingerprint density at radius 1 is 1.16 bits per heavy atom. The first-order chi connectivity index (χ1) is 11.9. The third kappa shape index (κ3) is 5.13. The lowest BCUT2D eigenvalue weighted by Crippen LogP contribution is -2.50. The van der Waals surface area contributed by atoms with Gasteiger partial charge in [0.1, 0.15) is 0 Å². The summed E-state index contributed by atoms with van der Waals surface area (Å²) >= 11 is 0. The molecule has 0 aliphatic carbocycles. The number of amides is 1. The van der Waals surface area contributed by atoms with E-state index in [9.17, 15) is 18.0 Å². The molecule has 2 rings (SSSR count). The summed E-state index contributed by atoms with van der Waals surface area (Å²) in [5.41, 5.74) is -0.0610. The van der Waals surface area contributed by atoms with Gasteiger partial charge >= 0.3 is 6.18 Å². The highest BCUT2D eigenvalue weighted by atomic mass is 19.4. The maximum absolute atomic E-state index is 12.9. The van der Waals surface area contributed by atoms with Crippen molar-refractivity contribution < 1.29 is 18.0 Å². The maximum atomic E-state index is 12.9. The molecular weight excluding hydrogens is 329 g/mol. The highest BCUT2D eigenvalue weighted by Gasteiger charge is 2.31. The van der Waals surface area contributed by atoms with E-state index in [-0.39, 0.29) is 11.8 Å². The Kier molecular flexibility index (Phi) is 6.73. The van der Waals surface area contributed by atoms with Crippen LogP contribution >= 0.6 is 0 Å². The minimum absolute atomic E-state index is 0.0695. The average Bonchev–Trinajstić information content (AvgIpc) is 2.61. The largest absolute Gasteiger partial charge is 0.416 e. The van der Waals surface area contributed by atoms with Crippen molar-refractivity contribution in [2.75, 3.05) is 31.1 Å². The van der Waals surface area contributed by atoms with Crippen LogP contribution in [0.2, 0.25) is 0 Å². The number of alkyl halides is 3. The van der Waals surface area contributed by atoms with Crippen LogP contribution in [-0.4, -0.2) is 37.0 Å². The molecule has 1 amide bonds. The Morgan fingerprint density at radius 2 is 1.84 bits per heavy atom. The van der Waals surface area contributed by atoms with E-state index in [0.717, 1.165) is 31.7 Å². The van der Waals surface area contributed by atoms with E-state index >= 15 is 0 Å². The molecule has 1 aliphatic rings. The zero-order valence-corrected chi connectivity index (χ0v) is 15.0. The standard InChI is InChI=1S/C19H27F3N2O/c1-3-5-7-15(4-2)18(25)24-12-10-23(11-13-24)17-9-6-8-16(14-17)19(20,21)22/h6,8-9,14-15H,3-5,7,10-13H2,1-2H3. The summed E-state index contributed by atoms with van der Waals surface area (Å²) in [7, 11) is 0. The van der Waals surface area contributed by atoms with E-state index in [1.165, 1.54) is 12.1 Å². The van der Waals surface area contributed by atoms with Gasteiger partial charge in [-0.2, -0.15) is 13.2 Å². The third-order valence-electron chi connectivity index (χ3n) is 4.88. The van der Waals surface area contributed by atoms with Gasteiger partial charge in [-0.05, 0) is 31.0 Å². The van der Waals surface area contributed by atoms with Crippen molar-refractivity contribution in [2.24, 2.45) is 5.92 Å². The van der Waals surface area contributed by atoms with Crippen molar-refractivity contribution in [3.05, 3.63) is 29.8 Å². The highest BCUT2D eigenvalue weighted by molar-refractivity contribution is 5.79. The Balaban J connectivity index is 1.96. The molecule has 1 fully saturated rings. The molecular formula is C19H27F3N2O. The maximum Gasteiger partial charge on any atom is 0.416 e. The van der Waals surface area contributed by atoms with Gasteiger partial charge in [0.25, 0.3) is 0 Å². The number of carbonyl (C=O) groups is 1. The summed E-state index contributed by atoms with van der Waals surface area (Å²) in [6, 6.07) is 5.41. The summed E-state index contributed by atoms with van der Waals surface area (Å²) < 4.78 is 38.6. The molecule has 25 heavy (non-hydrogen) atoms. The van der Waals surface area contributed by atoms with Crippen LogP contribution < -0.4 is 4.90 Å². The molecule has 1 aromatic carbocycles. The van der Waals surface area contributed by atoms with Crippen LogP contribution in [0.4, 0.5) is 18.9 Å². The van der Waals surface area contributed by atoms with Crippen LogP contribution in [0.3, 0.4) is 0 Å². The monoisotopic (exact) mass is 356 g/mol. The van der Waals surface area contributed by atoms with Crippen LogP contribution in [0.5, 0.6) is 0 Å². The first kappa shape index (κ1) is 19.6. The summed E-state index contributed by atoms with van der Waals surface area (Å²) in [5.74, 6) is 0.264. The Labute approximate surface area is 147 Å². The number of hydrogen-bond donors (Lipinski definition) is 0. The molecule has 0 radical (unpaired) electrons. The molecule has 1 unspecified atom stereocenters. The first-order valence-corrected chi connectivity index (χ1v) is 9.07. The lowest BCUT2D eigenvalue weighted by Gasteiger charge is -2.37. The Morgan fingerprint density at radius 3 is 2.40 bits per heavy atom. The van der Waals surface area contributed by atoms with Gasteiger partial charge in [0.2, 0.25) is 5.91 Å². The Hall–Kier alpha value is -1.72. The number of unbranched alkanes of at least 4 members (excludes halogenated alkanes) is 1. The molecule has 140 valence electrons. The van der Waals surface area contributed by atoms with Crippen molar-refractivity contribution in [2.45, 2.75) is 45.7 Å². The second-order valence-electron chi connectivity index (χ2n) is 6.61. The average molecular weight is 356 g/mol. The predicted octanol–water partition coefficient (Wildman–Crippen LogP) is 4.57. The second-order valence-corrected chi connectivity index (χ2v) is 6.61.